The number of likely N-dealkylation sites (tertiary alicyclic amines) is 1. The normalized spacial score (nSPS) is 15.7. The second-order valence-electron chi connectivity index (χ2n) is 8.57. The van der Waals surface area contributed by atoms with Crippen molar-refractivity contribution in [1.82, 2.24) is 10.1 Å². The van der Waals surface area contributed by atoms with Crippen molar-refractivity contribution in [2.24, 2.45) is 0 Å². The van der Waals surface area contributed by atoms with E-state index in [4.69, 9.17) is 14.0 Å². The van der Waals surface area contributed by atoms with E-state index in [1.807, 2.05) is 18.2 Å². The molecular formula is C25H27F2N3O3. The number of piperidine rings is 1. The van der Waals surface area contributed by atoms with Crippen molar-refractivity contribution < 1.29 is 22.8 Å². The van der Waals surface area contributed by atoms with Crippen molar-refractivity contribution in [2.75, 3.05) is 37.9 Å². The van der Waals surface area contributed by atoms with Crippen LogP contribution in [0.4, 0.5) is 14.7 Å². The molecule has 174 valence electrons. The predicted octanol–water partition coefficient (Wildman–Crippen LogP) is 5.23. The highest BCUT2D eigenvalue weighted by molar-refractivity contribution is 5.62. The quantitative estimate of drug-likeness (QED) is 0.464. The predicted molar refractivity (Wildman–Crippen MR) is 120 cm³/mol. The third kappa shape index (κ3) is 5.27. The van der Waals surface area contributed by atoms with Gasteiger partial charge in [0.15, 0.2) is 11.5 Å². The Morgan fingerprint density at radius 3 is 2.52 bits per heavy atom. The summed E-state index contributed by atoms with van der Waals surface area (Å²) in [5.74, 6) is 0.743. The zero-order valence-electron chi connectivity index (χ0n) is 18.4. The highest BCUT2D eigenvalue weighted by Crippen LogP contribution is 2.34. The van der Waals surface area contributed by atoms with Gasteiger partial charge in [-0.1, -0.05) is 17.6 Å². The second kappa shape index (κ2) is 9.79. The Bertz CT molecular complexity index is 1080. The Balaban J connectivity index is 1.34. The van der Waals surface area contributed by atoms with E-state index >= 15 is 0 Å². The monoisotopic (exact) mass is 455 g/mol. The van der Waals surface area contributed by atoms with Gasteiger partial charge in [-0.05, 0) is 68.7 Å². The molecule has 0 aliphatic carbocycles. The molecular weight excluding hydrogens is 428 g/mol. The fourth-order valence-corrected chi connectivity index (χ4v) is 4.45. The summed E-state index contributed by atoms with van der Waals surface area (Å²) >= 11 is 0. The number of hydrogen-bond acceptors (Lipinski definition) is 6. The maximum Gasteiger partial charge on any atom is 0.231 e. The summed E-state index contributed by atoms with van der Waals surface area (Å²) in [6.45, 7) is 4.90. The van der Waals surface area contributed by atoms with E-state index in [0.717, 1.165) is 55.7 Å². The van der Waals surface area contributed by atoms with Crippen LogP contribution in [-0.4, -0.2) is 43.0 Å². The highest BCUT2D eigenvalue weighted by Gasteiger charge is 2.19. The maximum absolute atomic E-state index is 13.7. The summed E-state index contributed by atoms with van der Waals surface area (Å²) < 4.78 is 43.9. The van der Waals surface area contributed by atoms with Crippen LogP contribution in [0.1, 0.15) is 31.2 Å². The molecule has 0 amide bonds. The molecule has 3 aromatic rings. The number of fused-ring (bicyclic) bond motifs is 1. The van der Waals surface area contributed by atoms with Gasteiger partial charge in [-0.15, -0.1) is 0 Å². The van der Waals surface area contributed by atoms with Gasteiger partial charge >= 0.3 is 0 Å². The van der Waals surface area contributed by atoms with Crippen molar-refractivity contribution in [3.05, 3.63) is 59.7 Å². The van der Waals surface area contributed by atoms with E-state index in [0.29, 0.717) is 23.7 Å². The molecule has 0 bridgehead atoms. The average Bonchev–Trinajstić information content (AvgIpc) is 3.48. The minimum Gasteiger partial charge on any atom is -0.454 e. The fourth-order valence-electron chi connectivity index (χ4n) is 4.45. The molecule has 2 aliphatic rings. The van der Waals surface area contributed by atoms with Crippen molar-refractivity contribution in [2.45, 2.75) is 32.2 Å². The number of rotatable bonds is 8. The third-order valence-corrected chi connectivity index (χ3v) is 6.13. The summed E-state index contributed by atoms with van der Waals surface area (Å²) in [6.07, 6.45) is 4.80. The number of benzene rings is 2. The Morgan fingerprint density at radius 1 is 0.909 bits per heavy atom. The Kier molecular flexibility index (Phi) is 6.44. The molecule has 2 aliphatic heterocycles. The van der Waals surface area contributed by atoms with Crippen LogP contribution in [0.5, 0.6) is 11.5 Å². The Morgan fingerprint density at radius 2 is 1.70 bits per heavy atom. The molecule has 2 aromatic carbocycles. The SMILES string of the molecule is Fc1cc(F)cc(-c2cc(N(CCCN3CCCCC3)Cc3ccc4c(c3)OCO4)on2)c1. The highest BCUT2D eigenvalue weighted by atomic mass is 19.1. The zero-order chi connectivity index (χ0) is 22.6. The molecule has 5 rings (SSSR count). The molecule has 33 heavy (non-hydrogen) atoms. The summed E-state index contributed by atoms with van der Waals surface area (Å²) in [5.41, 5.74) is 1.79. The Hall–Kier alpha value is -3.13. The molecule has 1 aromatic heterocycles. The molecule has 3 heterocycles. The minimum atomic E-state index is -0.645. The summed E-state index contributed by atoms with van der Waals surface area (Å²) in [6, 6.07) is 11.0. The molecule has 1 fully saturated rings. The largest absolute Gasteiger partial charge is 0.454 e. The minimum absolute atomic E-state index is 0.230. The molecule has 0 unspecified atom stereocenters. The second-order valence-corrected chi connectivity index (χ2v) is 8.57. The van der Waals surface area contributed by atoms with Crippen LogP contribution >= 0.6 is 0 Å². The lowest BCUT2D eigenvalue weighted by atomic mass is 10.1. The molecule has 6 nitrogen and oxygen atoms in total. The lowest BCUT2D eigenvalue weighted by Crippen LogP contribution is -2.33. The Labute approximate surface area is 191 Å². The van der Waals surface area contributed by atoms with E-state index in [2.05, 4.69) is 15.0 Å². The van der Waals surface area contributed by atoms with E-state index in [1.54, 1.807) is 6.07 Å². The smallest absolute Gasteiger partial charge is 0.231 e. The lowest BCUT2D eigenvalue weighted by Gasteiger charge is -2.28. The summed E-state index contributed by atoms with van der Waals surface area (Å²) in [7, 11) is 0. The first kappa shape index (κ1) is 21.7. The molecule has 0 saturated carbocycles. The number of hydrogen-bond donors (Lipinski definition) is 0. The van der Waals surface area contributed by atoms with Gasteiger partial charge in [-0.25, -0.2) is 8.78 Å². The number of anilines is 1. The number of aromatic nitrogens is 1. The number of ether oxygens (including phenoxy) is 2. The third-order valence-electron chi connectivity index (χ3n) is 6.13. The van der Waals surface area contributed by atoms with Gasteiger partial charge < -0.3 is 23.8 Å². The van der Waals surface area contributed by atoms with E-state index in [1.165, 1.54) is 31.4 Å². The zero-order valence-corrected chi connectivity index (χ0v) is 18.4. The van der Waals surface area contributed by atoms with E-state index < -0.39 is 11.6 Å². The lowest BCUT2D eigenvalue weighted by molar-refractivity contribution is 0.174. The topological polar surface area (TPSA) is 51.0 Å². The molecule has 0 radical (unpaired) electrons. The average molecular weight is 456 g/mol. The van der Waals surface area contributed by atoms with Crippen LogP contribution in [0.3, 0.4) is 0 Å². The van der Waals surface area contributed by atoms with Gasteiger partial charge in [0, 0.05) is 30.8 Å². The first-order valence-corrected chi connectivity index (χ1v) is 11.4. The van der Waals surface area contributed by atoms with Gasteiger partial charge in [0.2, 0.25) is 12.7 Å². The van der Waals surface area contributed by atoms with Crippen molar-refractivity contribution in [3.63, 3.8) is 0 Å². The summed E-state index contributed by atoms with van der Waals surface area (Å²) in [5, 5.41) is 4.08. The van der Waals surface area contributed by atoms with E-state index in [9.17, 15) is 8.78 Å². The number of halogens is 2. The molecule has 0 spiro atoms. The van der Waals surface area contributed by atoms with Crippen LogP contribution in [0, 0.1) is 11.6 Å². The molecule has 0 N–H and O–H groups in total. The van der Waals surface area contributed by atoms with Gasteiger partial charge in [-0.2, -0.15) is 0 Å². The van der Waals surface area contributed by atoms with Crippen LogP contribution in [0.2, 0.25) is 0 Å². The molecule has 8 heteroatoms. The summed E-state index contributed by atoms with van der Waals surface area (Å²) in [4.78, 5) is 4.61. The fraction of sp³-hybridized carbons (Fsp3) is 0.400. The standard InChI is InChI=1S/C25H27F2N3O3/c26-20-12-19(13-21(27)14-20)22-15-25(33-28-22)30(10-4-9-29-7-2-1-3-8-29)16-18-5-6-23-24(11-18)32-17-31-23/h5-6,11-15H,1-4,7-10,16-17H2. The van der Waals surface area contributed by atoms with Crippen molar-refractivity contribution in [1.29, 1.82) is 0 Å². The van der Waals surface area contributed by atoms with Crippen LogP contribution in [0.15, 0.2) is 47.0 Å². The molecule has 1 saturated heterocycles. The molecule has 0 atom stereocenters. The first-order chi connectivity index (χ1) is 16.1. The number of nitrogens with zero attached hydrogens (tertiary/aromatic N) is 3. The van der Waals surface area contributed by atoms with Crippen molar-refractivity contribution >= 4 is 5.88 Å². The maximum atomic E-state index is 13.7. The van der Waals surface area contributed by atoms with E-state index in [-0.39, 0.29) is 6.79 Å². The first-order valence-electron chi connectivity index (χ1n) is 11.4. The van der Waals surface area contributed by atoms with Crippen LogP contribution < -0.4 is 14.4 Å². The van der Waals surface area contributed by atoms with Crippen LogP contribution in [-0.2, 0) is 6.54 Å². The van der Waals surface area contributed by atoms with Crippen molar-refractivity contribution in [3.8, 4) is 22.8 Å². The van der Waals surface area contributed by atoms with Gasteiger partial charge in [0.1, 0.15) is 17.3 Å². The van der Waals surface area contributed by atoms with Crippen LogP contribution in [0.25, 0.3) is 11.3 Å². The van der Waals surface area contributed by atoms with Gasteiger partial charge in [0.25, 0.3) is 0 Å². The van der Waals surface area contributed by atoms with Gasteiger partial charge in [0.05, 0.1) is 0 Å². The van der Waals surface area contributed by atoms with Gasteiger partial charge in [-0.3, -0.25) is 0 Å².